The van der Waals surface area contributed by atoms with Gasteiger partial charge in [0, 0.05) is 0 Å². The smallest absolute Gasteiger partial charge is 0.230 e. The number of thioether (sulfide) groups is 2. The van der Waals surface area contributed by atoms with Crippen molar-refractivity contribution in [1.82, 2.24) is 10.6 Å². The molecular weight excluding hydrogens is 500 g/mol. The van der Waals surface area contributed by atoms with Crippen molar-refractivity contribution in [1.29, 1.82) is 10.8 Å². The van der Waals surface area contributed by atoms with Crippen LogP contribution >= 0.6 is 23.5 Å². The van der Waals surface area contributed by atoms with E-state index >= 15 is 0 Å². The van der Waals surface area contributed by atoms with E-state index in [9.17, 15) is 9.59 Å². The van der Waals surface area contributed by atoms with E-state index in [0.29, 0.717) is 0 Å². The van der Waals surface area contributed by atoms with E-state index in [1.54, 1.807) is 0 Å². The molecule has 37 heavy (non-hydrogen) atoms. The Morgan fingerprint density at radius 2 is 1.03 bits per heavy atom. The number of hydrogen-bond donors (Lipinski definition) is 4. The SMILES string of the molecule is N=C(NC(=O)Cc1ccccc1)S/C1=C2\CC\C2=C(/SC(=N)NC(=O)Cc2ccccc2)CCCCC1. The number of benzene rings is 2. The predicted molar refractivity (Wildman–Crippen MR) is 154 cm³/mol. The summed E-state index contributed by atoms with van der Waals surface area (Å²) in [6, 6.07) is 19.1. The zero-order chi connectivity index (χ0) is 26.0. The summed E-state index contributed by atoms with van der Waals surface area (Å²) in [4.78, 5) is 27.1. The van der Waals surface area contributed by atoms with Gasteiger partial charge in [-0.05, 0) is 70.6 Å². The zero-order valence-electron chi connectivity index (χ0n) is 20.8. The molecule has 4 rings (SSSR count). The summed E-state index contributed by atoms with van der Waals surface area (Å²) in [5.41, 5.74) is 4.35. The Kier molecular flexibility index (Phi) is 9.79. The summed E-state index contributed by atoms with van der Waals surface area (Å²) in [6.07, 6.45) is 7.31. The van der Waals surface area contributed by atoms with Crippen molar-refractivity contribution < 1.29 is 9.59 Å². The molecule has 0 bridgehead atoms. The van der Waals surface area contributed by atoms with Crippen molar-refractivity contribution in [2.45, 2.75) is 57.8 Å². The molecule has 0 saturated heterocycles. The number of hydrogen-bond acceptors (Lipinski definition) is 6. The fraction of sp³-hybridized carbons (Fsp3) is 0.310. The molecule has 8 heteroatoms. The molecule has 0 unspecified atom stereocenters. The lowest BCUT2D eigenvalue weighted by Gasteiger charge is -2.28. The molecule has 0 aliphatic heterocycles. The number of nitrogens with one attached hydrogen (secondary N) is 4. The minimum absolute atomic E-state index is 0.157. The molecule has 0 radical (unpaired) electrons. The molecular formula is C29H32N4O2S2. The number of amides is 2. The molecule has 1 saturated carbocycles. The van der Waals surface area contributed by atoms with E-state index in [2.05, 4.69) is 10.6 Å². The molecule has 6 nitrogen and oxygen atoms in total. The van der Waals surface area contributed by atoms with Crippen LogP contribution in [-0.2, 0) is 22.4 Å². The van der Waals surface area contributed by atoms with Crippen LogP contribution in [0.2, 0.25) is 0 Å². The van der Waals surface area contributed by atoms with Gasteiger partial charge in [0.25, 0.3) is 0 Å². The number of fused-ring (bicyclic) bond motifs is 1. The van der Waals surface area contributed by atoms with Gasteiger partial charge >= 0.3 is 0 Å². The van der Waals surface area contributed by atoms with Crippen LogP contribution in [0.25, 0.3) is 0 Å². The molecule has 0 heterocycles. The van der Waals surface area contributed by atoms with Gasteiger partial charge in [0.15, 0.2) is 10.3 Å². The molecule has 2 amide bonds. The summed E-state index contributed by atoms with van der Waals surface area (Å²) < 4.78 is 0. The Balaban J connectivity index is 1.38. The van der Waals surface area contributed by atoms with Gasteiger partial charge in [-0.3, -0.25) is 20.4 Å². The van der Waals surface area contributed by atoms with Gasteiger partial charge in [0.1, 0.15) is 0 Å². The van der Waals surface area contributed by atoms with Crippen LogP contribution in [0, 0.1) is 10.8 Å². The van der Waals surface area contributed by atoms with Crippen molar-refractivity contribution in [2.24, 2.45) is 0 Å². The van der Waals surface area contributed by atoms with Crippen molar-refractivity contribution in [3.8, 4) is 0 Å². The van der Waals surface area contributed by atoms with Gasteiger partial charge in [-0.1, -0.05) is 90.6 Å². The maximum absolute atomic E-state index is 12.4. The number of rotatable bonds is 6. The molecule has 2 aromatic carbocycles. The van der Waals surface area contributed by atoms with E-state index in [1.165, 1.54) is 34.7 Å². The predicted octanol–water partition coefficient (Wildman–Crippen LogP) is 6.31. The molecule has 192 valence electrons. The van der Waals surface area contributed by atoms with Crippen LogP contribution in [0.1, 0.15) is 56.1 Å². The van der Waals surface area contributed by atoms with Gasteiger partial charge in [-0.25, -0.2) is 0 Å². The van der Waals surface area contributed by atoms with Crippen molar-refractivity contribution in [3.63, 3.8) is 0 Å². The first-order chi connectivity index (χ1) is 18.0. The summed E-state index contributed by atoms with van der Waals surface area (Å²) >= 11 is 2.70. The first kappa shape index (κ1) is 26.9. The third-order valence-corrected chi connectivity index (χ3v) is 8.35. The summed E-state index contributed by atoms with van der Waals surface area (Å²) in [5.74, 6) is -0.365. The van der Waals surface area contributed by atoms with Crippen LogP contribution in [-0.4, -0.2) is 22.1 Å². The molecule has 2 aliphatic rings. The number of amidine groups is 2. The fourth-order valence-corrected chi connectivity index (χ4v) is 6.48. The average molecular weight is 533 g/mol. The Morgan fingerprint density at radius 3 is 1.41 bits per heavy atom. The van der Waals surface area contributed by atoms with Gasteiger partial charge in [0.2, 0.25) is 11.8 Å². The number of carbonyl (C=O) groups excluding carboxylic acids is 2. The van der Waals surface area contributed by atoms with Crippen LogP contribution in [0.3, 0.4) is 0 Å². The van der Waals surface area contributed by atoms with E-state index in [-0.39, 0.29) is 35.0 Å². The minimum Gasteiger partial charge on any atom is -0.305 e. The van der Waals surface area contributed by atoms with Crippen molar-refractivity contribution in [2.75, 3.05) is 0 Å². The number of allylic oxidation sites excluding steroid dienone is 4. The quantitative estimate of drug-likeness (QED) is 0.258. The van der Waals surface area contributed by atoms with Gasteiger partial charge in [0.05, 0.1) is 12.8 Å². The maximum Gasteiger partial charge on any atom is 0.230 e. The van der Waals surface area contributed by atoms with Gasteiger partial charge in [-0.2, -0.15) is 0 Å². The Bertz CT molecular complexity index is 1130. The first-order valence-corrected chi connectivity index (χ1v) is 14.3. The molecule has 0 spiro atoms. The second-order valence-corrected chi connectivity index (χ2v) is 11.4. The van der Waals surface area contributed by atoms with E-state index < -0.39 is 0 Å². The summed E-state index contributed by atoms with van der Waals surface area (Å²) in [7, 11) is 0. The number of carbonyl (C=O) groups is 2. The second-order valence-electron chi connectivity index (χ2n) is 9.15. The topological polar surface area (TPSA) is 106 Å². The van der Waals surface area contributed by atoms with Crippen LogP contribution in [0.4, 0.5) is 0 Å². The first-order valence-electron chi connectivity index (χ1n) is 12.6. The third-order valence-electron chi connectivity index (χ3n) is 6.34. The fourth-order valence-electron chi connectivity index (χ4n) is 4.47. The minimum atomic E-state index is -0.183. The maximum atomic E-state index is 12.4. The largest absolute Gasteiger partial charge is 0.305 e. The van der Waals surface area contributed by atoms with Crippen LogP contribution in [0.15, 0.2) is 81.6 Å². The summed E-state index contributed by atoms with van der Waals surface area (Å²) in [5, 5.41) is 22.6. The van der Waals surface area contributed by atoms with Gasteiger partial charge < -0.3 is 10.6 Å². The molecule has 0 atom stereocenters. The lowest BCUT2D eigenvalue weighted by molar-refractivity contribution is -0.119. The van der Waals surface area contributed by atoms with E-state index in [4.69, 9.17) is 10.8 Å². The normalized spacial score (nSPS) is 19.4. The standard InChI is InChI=1S/C29H32N4O2S2/c30-28(32-26(34)18-20-10-4-1-5-11-20)36-24-14-8-3-9-15-25(23-17-16-22(23)24)37-29(31)33-27(35)19-21-12-6-2-7-13-21/h1-2,4-7,10-13H,3,8-9,14-19H2,(H2,30,32,34)(H2,31,33,35)/b24-22+,25-23+. The zero-order valence-corrected chi connectivity index (χ0v) is 22.4. The average Bonchev–Trinajstić information content (AvgIpc) is 2.88. The highest BCUT2D eigenvalue weighted by Gasteiger charge is 2.27. The van der Waals surface area contributed by atoms with E-state index in [1.807, 2.05) is 60.7 Å². The lowest BCUT2D eigenvalue weighted by atomic mass is 9.84. The van der Waals surface area contributed by atoms with Crippen molar-refractivity contribution >= 4 is 45.7 Å². The lowest BCUT2D eigenvalue weighted by Crippen LogP contribution is -2.29. The molecule has 1 fully saturated rings. The second kappa shape index (κ2) is 13.4. The molecule has 2 aromatic rings. The molecule has 2 aliphatic carbocycles. The third kappa shape index (κ3) is 8.20. The van der Waals surface area contributed by atoms with Crippen molar-refractivity contribution in [3.05, 3.63) is 92.7 Å². The highest BCUT2D eigenvalue weighted by molar-refractivity contribution is 8.17. The molecule has 4 N–H and O–H groups in total. The Labute approximate surface area is 226 Å². The molecule has 0 aromatic heterocycles. The van der Waals surface area contributed by atoms with Gasteiger partial charge in [-0.15, -0.1) is 0 Å². The van der Waals surface area contributed by atoms with Crippen LogP contribution in [0.5, 0.6) is 0 Å². The summed E-state index contributed by atoms with van der Waals surface area (Å²) in [6.45, 7) is 0. The Morgan fingerprint density at radius 1 is 0.622 bits per heavy atom. The highest BCUT2D eigenvalue weighted by atomic mass is 32.2. The highest BCUT2D eigenvalue weighted by Crippen LogP contribution is 2.47. The Hall–Kier alpha value is -3.10. The monoisotopic (exact) mass is 532 g/mol. The van der Waals surface area contributed by atoms with Crippen LogP contribution < -0.4 is 10.6 Å². The van der Waals surface area contributed by atoms with E-state index in [0.717, 1.165) is 65.9 Å².